The zero-order chi connectivity index (χ0) is 17.8. The minimum atomic E-state index is -0.362. The van der Waals surface area contributed by atoms with Crippen LogP contribution in [-0.2, 0) is 4.74 Å². The van der Waals surface area contributed by atoms with E-state index in [2.05, 4.69) is 27.6 Å². The van der Waals surface area contributed by atoms with Crippen molar-refractivity contribution in [2.45, 2.75) is 44.2 Å². The minimum Gasteiger partial charge on any atom is -0.458 e. The Labute approximate surface area is 164 Å². The van der Waals surface area contributed by atoms with Crippen molar-refractivity contribution < 1.29 is 14.3 Å². The number of rotatable bonds is 2. The third-order valence-corrected chi connectivity index (χ3v) is 6.53. The van der Waals surface area contributed by atoms with Crippen LogP contribution in [0.3, 0.4) is 0 Å². The fraction of sp³-hybridized carbons (Fsp3) is 0.421. The zero-order valence-corrected chi connectivity index (χ0v) is 16.3. The molecule has 1 aromatic heterocycles. The van der Waals surface area contributed by atoms with Crippen LogP contribution in [0.25, 0.3) is 5.69 Å². The molecule has 3 aliphatic rings. The van der Waals surface area contributed by atoms with Crippen LogP contribution in [-0.4, -0.2) is 39.0 Å². The fourth-order valence-corrected chi connectivity index (χ4v) is 4.94. The Balaban J connectivity index is 1.62. The summed E-state index contributed by atoms with van der Waals surface area (Å²) in [5.74, 6) is -0.334. The Kier molecular flexibility index (Phi) is 3.80. The van der Waals surface area contributed by atoms with Gasteiger partial charge in [-0.1, -0.05) is 6.07 Å². The van der Waals surface area contributed by atoms with Gasteiger partial charge in [-0.15, -0.1) is 0 Å². The van der Waals surface area contributed by atoms with Crippen molar-refractivity contribution in [1.82, 2.24) is 14.5 Å². The van der Waals surface area contributed by atoms with Gasteiger partial charge >= 0.3 is 5.97 Å². The zero-order valence-electron chi connectivity index (χ0n) is 14.2. The molecule has 1 aromatic carbocycles. The Hall–Kier alpha value is -1.90. The smallest absolute Gasteiger partial charge is 0.359 e. The van der Waals surface area contributed by atoms with Crippen LogP contribution in [0.2, 0.25) is 0 Å². The second-order valence-corrected chi connectivity index (χ2v) is 8.26. The van der Waals surface area contributed by atoms with Crippen molar-refractivity contribution in [2.24, 2.45) is 0 Å². The summed E-state index contributed by atoms with van der Waals surface area (Å²) in [4.78, 5) is 32.0. The second-order valence-electron chi connectivity index (χ2n) is 7.10. The molecule has 1 saturated carbocycles. The molecule has 1 amide bonds. The number of carbonyl (C=O) groups is 2. The average molecular weight is 463 g/mol. The van der Waals surface area contributed by atoms with Gasteiger partial charge in [0.15, 0.2) is 5.69 Å². The summed E-state index contributed by atoms with van der Waals surface area (Å²) in [5, 5.41) is 0. The van der Waals surface area contributed by atoms with E-state index in [1.54, 1.807) is 6.33 Å². The lowest BCUT2D eigenvalue weighted by molar-refractivity contribution is 0.0291. The quantitative estimate of drug-likeness (QED) is 0.506. The van der Waals surface area contributed by atoms with E-state index in [4.69, 9.17) is 4.74 Å². The number of imidazole rings is 1. The lowest BCUT2D eigenvalue weighted by Crippen LogP contribution is -2.45. The highest BCUT2D eigenvalue weighted by molar-refractivity contribution is 14.1. The minimum absolute atomic E-state index is 0.00186. The van der Waals surface area contributed by atoms with Crippen LogP contribution in [0.4, 0.5) is 0 Å². The standard InChI is InChI=1S/C19H18IN3O3/c20-12-6-3-7-13-15(12)18(24)22-9-8-14(22)17-16(21-10-23(13)17)19(25)26-11-4-1-2-5-11/h3,6-7,10-11,14H,1-2,4-5,8-9H2/t14-/m0/s1. The molecular formula is C19H18IN3O3. The normalized spacial score (nSPS) is 21.5. The van der Waals surface area contributed by atoms with Gasteiger partial charge in [0.25, 0.3) is 5.91 Å². The van der Waals surface area contributed by atoms with Crippen LogP contribution in [0.15, 0.2) is 24.5 Å². The van der Waals surface area contributed by atoms with Gasteiger partial charge < -0.3 is 9.64 Å². The summed E-state index contributed by atoms with van der Waals surface area (Å²) >= 11 is 2.20. The first-order valence-corrected chi connectivity index (χ1v) is 10.1. The number of hydrogen-bond donors (Lipinski definition) is 0. The molecular weight excluding hydrogens is 445 g/mol. The molecule has 2 aliphatic heterocycles. The Morgan fingerprint density at radius 3 is 2.77 bits per heavy atom. The summed E-state index contributed by atoms with van der Waals surface area (Å²) in [6.45, 7) is 0.705. The summed E-state index contributed by atoms with van der Waals surface area (Å²) < 4.78 is 8.51. The molecule has 6 nitrogen and oxygen atoms in total. The third kappa shape index (κ3) is 2.32. The summed E-state index contributed by atoms with van der Waals surface area (Å²) in [6, 6.07) is 5.66. The maximum Gasteiger partial charge on any atom is 0.359 e. The average Bonchev–Trinajstić information content (AvgIpc) is 3.22. The Bertz CT molecular complexity index is 917. The maximum atomic E-state index is 13.0. The predicted octanol–water partition coefficient (Wildman–Crippen LogP) is 3.48. The van der Waals surface area contributed by atoms with Crippen molar-refractivity contribution >= 4 is 34.5 Å². The van der Waals surface area contributed by atoms with Crippen LogP contribution in [0.5, 0.6) is 0 Å². The van der Waals surface area contributed by atoms with Crippen molar-refractivity contribution in [3.05, 3.63) is 45.0 Å². The molecule has 2 aromatic rings. The number of hydrogen-bond acceptors (Lipinski definition) is 4. The van der Waals surface area contributed by atoms with Gasteiger partial charge in [-0.25, -0.2) is 9.78 Å². The molecule has 0 radical (unpaired) electrons. The molecule has 0 bridgehead atoms. The number of ether oxygens (including phenoxy) is 1. The molecule has 1 saturated heterocycles. The predicted molar refractivity (Wildman–Crippen MR) is 102 cm³/mol. The number of benzene rings is 1. The largest absolute Gasteiger partial charge is 0.458 e. The molecule has 26 heavy (non-hydrogen) atoms. The van der Waals surface area contributed by atoms with E-state index < -0.39 is 0 Å². The summed E-state index contributed by atoms with van der Waals surface area (Å²) in [7, 11) is 0. The molecule has 3 heterocycles. The third-order valence-electron chi connectivity index (χ3n) is 5.63. The first-order valence-electron chi connectivity index (χ1n) is 9.03. The van der Waals surface area contributed by atoms with Crippen LogP contribution >= 0.6 is 22.6 Å². The fourth-order valence-electron chi connectivity index (χ4n) is 4.22. The second kappa shape index (κ2) is 6.07. The molecule has 1 aliphatic carbocycles. The highest BCUT2D eigenvalue weighted by atomic mass is 127. The number of esters is 1. The van der Waals surface area contributed by atoms with Crippen molar-refractivity contribution in [3.8, 4) is 5.69 Å². The van der Waals surface area contributed by atoms with Gasteiger partial charge in [-0.2, -0.15) is 0 Å². The van der Waals surface area contributed by atoms with E-state index in [9.17, 15) is 9.59 Å². The molecule has 1 atom stereocenters. The van der Waals surface area contributed by atoms with E-state index in [-0.39, 0.29) is 24.0 Å². The molecule has 0 N–H and O–H groups in total. The molecule has 5 rings (SSSR count). The number of carbonyl (C=O) groups excluding carboxylic acids is 2. The van der Waals surface area contributed by atoms with Crippen LogP contribution in [0, 0.1) is 3.57 Å². The molecule has 134 valence electrons. The van der Waals surface area contributed by atoms with E-state index in [1.165, 1.54) is 0 Å². The van der Waals surface area contributed by atoms with E-state index in [0.717, 1.165) is 47.1 Å². The van der Waals surface area contributed by atoms with E-state index >= 15 is 0 Å². The Morgan fingerprint density at radius 1 is 1.23 bits per heavy atom. The van der Waals surface area contributed by atoms with Crippen LogP contribution in [0.1, 0.15) is 64.7 Å². The molecule has 0 unspecified atom stereocenters. The van der Waals surface area contributed by atoms with Gasteiger partial charge in [0, 0.05) is 10.1 Å². The lowest BCUT2D eigenvalue weighted by Gasteiger charge is -2.39. The lowest BCUT2D eigenvalue weighted by atomic mass is 9.97. The molecule has 0 spiro atoms. The van der Waals surface area contributed by atoms with Gasteiger partial charge in [0.1, 0.15) is 12.4 Å². The number of fused-ring (bicyclic) bond motifs is 5. The summed E-state index contributed by atoms with van der Waals surface area (Å²) in [6.07, 6.45) is 6.56. The summed E-state index contributed by atoms with van der Waals surface area (Å²) in [5.41, 5.74) is 2.61. The van der Waals surface area contributed by atoms with Gasteiger partial charge in [-0.3, -0.25) is 9.36 Å². The van der Waals surface area contributed by atoms with Crippen molar-refractivity contribution in [2.75, 3.05) is 6.54 Å². The van der Waals surface area contributed by atoms with Gasteiger partial charge in [0.2, 0.25) is 0 Å². The number of amides is 1. The van der Waals surface area contributed by atoms with Gasteiger partial charge in [0.05, 0.1) is 23.0 Å². The first kappa shape index (κ1) is 16.3. The molecule has 2 fully saturated rings. The Morgan fingerprint density at radius 2 is 2.04 bits per heavy atom. The maximum absolute atomic E-state index is 13.0. The highest BCUT2D eigenvalue weighted by Crippen LogP contribution is 2.42. The van der Waals surface area contributed by atoms with Gasteiger partial charge in [-0.05, 0) is 66.8 Å². The monoisotopic (exact) mass is 463 g/mol. The van der Waals surface area contributed by atoms with Crippen molar-refractivity contribution in [1.29, 1.82) is 0 Å². The number of aromatic nitrogens is 2. The SMILES string of the molecule is O=C(OC1CCCC1)c1ncn2c1[C@@H]1CCN1C(=O)c1c(I)cccc1-2. The van der Waals surface area contributed by atoms with Crippen LogP contribution < -0.4 is 0 Å². The number of nitrogens with zero attached hydrogens (tertiary/aromatic N) is 3. The number of halogens is 1. The molecule has 7 heteroatoms. The van der Waals surface area contributed by atoms with E-state index in [1.807, 2.05) is 27.7 Å². The van der Waals surface area contributed by atoms with E-state index in [0.29, 0.717) is 17.8 Å². The highest BCUT2D eigenvalue weighted by Gasteiger charge is 2.43. The first-order chi connectivity index (χ1) is 12.6. The van der Waals surface area contributed by atoms with Crippen molar-refractivity contribution in [3.63, 3.8) is 0 Å². The topological polar surface area (TPSA) is 64.4 Å².